The maximum atomic E-state index is 11.4. The molecule has 6 heteroatoms. The van der Waals surface area contributed by atoms with Crippen LogP contribution in [0.1, 0.15) is 39.3 Å². The quantitative estimate of drug-likeness (QED) is 0.774. The van der Waals surface area contributed by atoms with Crippen molar-refractivity contribution in [1.29, 1.82) is 0 Å². The Morgan fingerprint density at radius 2 is 2.04 bits per heavy atom. The number of nitrogens with one attached hydrogen (secondary N) is 1. The normalized spacial score (nSPS) is 21.8. The highest BCUT2D eigenvalue weighted by molar-refractivity contribution is 5.88. The number of aromatic carboxylic acids is 1. The maximum Gasteiger partial charge on any atom is 0.335 e. The van der Waals surface area contributed by atoms with Crippen LogP contribution in [0.25, 0.3) is 5.69 Å². The van der Waals surface area contributed by atoms with Gasteiger partial charge < -0.3 is 20.1 Å². The van der Waals surface area contributed by atoms with Crippen molar-refractivity contribution in [2.45, 2.75) is 39.3 Å². The zero-order chi connectivity index (χ0) is 19.3. The fraction of sp³-hybridized carbons (Fsp3) is 0.381. The molecule has 1 fully saturated rings. The lowest BCUT2D eigenvalue weighted by Crippen LogP contribution is -2.53. The number of likely N-dealkylation sites (tertiary alicyclic amines) is 1. The molecular formula is C21H25N3O3. The monoisotopic (exact) mass is 367 g/mol. The largest absolute Gasteiger partial charge is 0.508 e. The molecule has 1 aromatic carbocycles. The first-order valence-electron chi connectivity index (χ1n) is 9.22. The Kier molecular flexibility index (Phi) is 4.03. The standard InChI is InChI=1S/C21H25N3O3/c1-13-4-5-16(20(26)27)9-18(13)24-14(2)8-17(15(24)3)11-23-7-6-21(12-23)19(25)10-22-21/h4-5,8-10,22,25H,6-7,11-12H2,1-3H3,(H,26,27). The number of carboxylic acid groups (broad SMARTS) is 1. The van der Waals surface area contributed by atoms with Gasteiger partial charge >= 0.3 is 5.97 Å². The summed E-state index contributed by atoms with van der Waals surface area (Å²) in [5, 5.41) is 22.5. The van der Waals surface area contributed by atoms with E-state index in [1.54, 1.807) is 18.3 Å². The van der Waals surface area contributed by atoms with Crippen molar-refractivity contribution in [3.63, 3.8) is 0 Å². The van der Waals surface area contributed by atoms with Crippen LogP contribution in [0.4, 0.5) is 0 Å². The number of aliphatic hydroxyl groups is 1. The maximum absolute atomic E-state index is 11.4. The molecule has 1 unspecified atom stereocenters. The summed E-state index contributed by atoms with van der Waals surface area (Å²) in [6, 6.07) is 7.43. The van der Waals surface area contributed by atoms with Gasteiger partial charge in [0.05, 0.1) is 5.56 Å². The summed E-state index contributed by atoms with van der Waals surface area (Å²) >= 11 is 0. The zero-order valence-corrected chi connectivity index (χ0v) is 15.9. The summed E-state index contributed by atoms with van der Waals surface area (Å²) in [4.78, 5) is 13.7. The van der Waals surface area contributed by atoms with E-state index in [0.29, 0.717) is 11.3 Å². The molecule has 6 nitrogen and oxygen atoms in total. The average Bonchev–Trinajstić information content (AvgIpc) is 3.18. The van der Waals surface area contributed by atoms with Crippen LogP contribution in [-0.2, 0) is 6.54 Å². The Bertz CT molecular complexity index is 960. The van der Waals surface area contributed by atoms with Crippen molar-refractivity contribution in [1.82, 2.24) is 14.8 Å². The van der Waals surface area contributed by atoms with Gasteiger partial charge in [-0.15, -0.1) is 0 Å². The van der Waals surface area contributed by atoms with E-state index < -0.39 is 5.97 Å². The number of carboxylic acids is 1. The topological polar surface area (TPSA) is 77.7 Å². The third kappa shape index (κ3) is 2.80. The fourth-order valence-corrected chi connectivity index (χ4v) is 4.28. The van der Waals surface area contributed by atoms with Gasteiger partial charge in [0, 0.05) is 42.9 Å². The predicted molar refractivity (Wildman–Crippen MR) is 103 cm³/mol. The van der Waals surface area contributed by atoms with Gasteiger partial charge in [-0.05, 0) is 56.5 Å². The van der Waals surface area contributed by atoms with Crippen LogP contribution in [0.2, 0.25) is 0 Å². The minimum absolute atomic E-state index is 0.252. The first-order chi connectivity index (χ1) is 12.8. The average molecular weight is 367 g/mol. The van der Waals surface area contributed by atoms with Crippen molar-refractivity contribution in [3.8, 4) is 5.69 Å². The minimum Gasteiger partial charge on any atom is -0.508 e. The van der Waals surface area contributed by atoms with Crippen LogP contribution in [-0.4, -0.2) is 44.3 Å². The molecule has 1 saturated heterocycles. The molecule has 0 bridgehead atoms. The van der Waals surface area contributed by atoms with Gasteiger partial charge in [-0.1, -0.05) is 6.07 Å². The number of aromatic nitrogens is 1. The van der Waals surface area contributed by atoms with Gasteiger partial charge in [-0.2, -0.15) is 0 Å². The van der Waals surface area contributed by atoms with Crippen LogP contribution >= 0.6 is 0 Å². The third-order valence-corrected chi connectivity index (χ3v) is 5.95. The molecule has 27 heavy (non-hydrogen) atoms. The lowest BCUT2D eigenvalue weighted by atomic mass is 9.91. The first-order valence-corrected chi connectivity index (χ1v) is 9.22. The van der Waals surface area contributed by atoms with Crippen LogP contribution in [0.3, 0.4) is 0 Å². The Morgan fingerprint density at radius 3 is 2.63 bits per heavy atom. The molecule has 0 amide bonds. The zero-order valence-electron chi connectivity index (χ0n) is 15.9. The summed E-state index contributed by atoms with van der Waals surface area (Å²) in [7, 11) is 0. The van der Waals surface area contributed by atoms with E-state index in [4.69, 9.17) is 0 Å². The summed E-state index contributed by atoms with van der Waals surface area (Å²) in [6.45, 7) is 8.68. The molecule has 0 saturated carbocycles. The predicted octanol–water partition coefficient (Wildman–Crippen LogP) is 3.05. The SMILES string of the molecule is Cc1ccc(C(=O)O)cc1-n1c(C)cc(CN2CCC3(C2)NC=C3O)c1C. The molecule has 3 heterocycles. The second-order valence-corrected chi connectivity index (χ2v) is 7.75. The molecule has 142 valence electrons. The summed E-state index contributed by atoms with van der Waals surface area (Å²) < 4.78 is 2.14. The summed E-state index contributed by atoms with van der Waals surface area (Å²) in [6.07, 6.45) is 2.58. The summed E-state index contributed by atoms with van der Waals surface area (Å²) in [5.41, 5.74) is 5.44. The third-order valence-electron chi connectivity index (χ3n) is 5.95. The van der Waals surface area contributed by atoms with Crippen molar-refractivity contribution < 1.29 is 15.0 Å². The lowest BCUT2D eigenvalue weighted by molar-refractivity contribution is 0.0697. The Morgan fingerprint density at radius 1 is 1.26 bits per heavy atom. The van der Waals surface area contributed by atoms with Crippen molar-refractivity contribution in [3.05, 3.63) is 64.3 Å². The van der Waals surface area contributed by atoms with Crippen molar-refractivity contribution >= 4 is 5.97 Å². The van der Waals surface area contributed by atoms with E-state index in [2.05, 4.69) is 34.7 Å². The molecule has 0 aliphatic carbocycles. The van der Waals surface area contributed by atoms with Gasteiger partial charge in [0.25, 0.3) is 0 Å². The number of aliphatic hydroxyl groups excluding tert-OH is 1. The molecule has 1 aromatic heterocycles. The van der Waals surface area contributed by atoms with E-state index in [1.165, 1.54) is 5.56 Å². The number of benzene rings is 1. The Hall–Kier alpha value is -2.73. The van der Waals surface area contributed by atoms with E-state index >= 15 is 0 Å². The highest BCUT2D eigenvalue weighted by Crippen LogP contribution is 2.34. The number of rotatable bonds is 4. The van der Waals surface area contributed by atoms with Crippen molar-refractivity contribution in [2.24, 2.45) is 0 Å². The Labute approximate surface area is 158 Å². The van der Waals surface area contributed by atoms with Gasteiger partial charge in [-0.3, -0.25) is 4.90 Å². The molecular weight excluding hydrogens is 342 g/mol. The minimum atomic E-state index is -0.915. The number of hydrogen-bond donors (Lipinski definition) is 3. The number of carbonyl (C=O) groups is 1. The van der Waals surface area contributed by atoms with E-state index in [1.807, 2.05) is 13.0 Å². The van der Waals surface area contributed by atoms with Crippen LogP contribution in [0, 0.1) is 20.8 Å². The summed E-state index contributed by atoms with van der Waals surface area (Å²) in [5.74, 6) is -0.459. The molecule has 2 aliphatic rings. The number of nitrogens with zero attached hydrogens (tertiary/aromatic N) is 2. The molecule has 4 rings (SSSR count). The lowest BCUT2D eigenvalue weighted by Gasteiger charge is -2.36. The van der Waals surface area contributed by atoms with Crippen LogP contribution < -0.4 is 5.32 Å². The van der Waals surface area contributed by atoms with Crippen molar-refractivity contribution in [2.75, 3.05) is 13.1 Å². The highest BCUT2D eigenvalue weighted by atomic mass is 16.4. The molecule has 0 radical (unpaired) electrons. The molecule has 1 atom stereocenters. The van der Waals surface area contributed by atoms with Crippen LogP contribution in [0.15, 0.2) is 36.2 Å². The molecule has 2 aromatic rings. The smallest absolute Gasteiger partial charge is 0.335 e. The molecule has 2 aliphatic heterocycles. The van der Waals surface area contributed by atoms with Crippen LogP contribution in [0.5, 0.6) is 0 Å². The van der Waals surface area contributed by atoms with Gasteiger partial charge in [0.15, 0.2) is 0 Å². The Balaban J connectivity index is 1.62. The van der Waals surface area contributed by atoms with E-state index in [9.17, 15) is 15.0 Å². The molecule has 1 spiro atoms. The fourth-order valence-electron chi connectivity index (χ4n) is 4.28. The van der Waals surface area contributed by atoms with Gasteiger partial charge in [0.1, 0.15) is 11.3 Å². The number of aryl methyl sites for hydroxylation is 2. The highest BCUT2D eigenvalue weighted by Gasteiger charge is 2.45. The second kappa shape index (κ2) is 6.16. The van der Waals surface area contributed by atoms with Gasteiger partial charge in [-0.25, -0.2) is 4.79 Å². The number of hydrogen-bond acceptors (Lipinski definition) is 4. The first kappa shape index (κ1) is 17.7. The van der Waals surface area contributed by atoms with E-state index in [-0.39, 0.29) is 5.54 Å². The second-order valence-electron chi connectivity index (χ2n) is 7.75. The van der Waals surface area contributed by atoms with Gasteiger partial charge in [0.2, 0.25) is 0 Å². The molecule has 3 N–H and O–H groups in total. The van der Waals surface area contributed by atoms with E-state index in [0.717, 1.165) is 48.7 Å².